The second-order valence-electron chi connectivity index (χ2n) is 8.47. The lowest BCUT2D eigenvalue weighted by Crippen LogP contribution is -2.52. The first kappa shape index (κ1) is 19.1. The van der Waals surface area contributed by atoms with Crippen LogP contribution in [0.15, 0.2) is 36.4 Å². The van der Waals surface area contributed by atoms with Gasteiger partial charge in [0.25, 0.3) is 5.91 Å². The van der Waals surface area contributed by atoms with Crippen molar-refractivity contribution in [2.75, 3.05) is 31.6 Å². The van der Waals surface area contributed by atoms with E-state index < -0.39 is 36.1 Å². The Morgan fingerprint density at radius 1 is 1.21 bits per heavy atom. The molecule has 2 aromatic rings. The first-order valence-electron chi connectivity index (χ1n) is 12.7. The Balaban J connectivity index is 1.39. The number of hydrogen-bond acceptors (Lipinski definition) is 6. The van der Waals surface area contributed by atoms with Crippen LogP contribution in [0.2, 0.25) is 0 Å². The first-order valence-corrected chi connectivity index (χ1v) is 11.2. The Hall–Kier alpha value is -3.30. The van der Waals surface area contributed by atoms with E-state index in [1.807, 2.05) is 5.32 Å². The van der Waals surface area contributed by atoms with Crippen LogP contribution in [0.3, 0.4) is 0 Å². The summed E-state index contributed by atoms with van der Waals surface area (Å²) in [5.41, 5.74) is 1.55. The van der Waals surface area contributed by atoms with Crippen LogP contribution in [0.4, 0.5) is 10.1 Å². The highest BCUT2D eigenvalue weighted by atomic mass is 19.1. The zero-order valence-corrected chi connectivity index (χ0v) is 18.5. The zero-order chi connectivity index (χ0) is 26.4. The van der Waals surface area contributed by atoms with Crippen LogP contribution >= 0.6 is 0 Å². The molecule has 9 heteroatoms. The molecule has 2 aromatic carbocycles. The molecule has 3 aliphatic rings. The molecule has 2 saturated heterocycles. The van der Waals surface area contributed by atoms with E-state index in [0.717, 1.165) is 18.7 Å². The average molecular weight is 470 g/mol. The van der Waals surface area contributed by atoms with Crippen LogP contribution in [0.5, 0.6) is 0 Å². The van der Waals surface area contributed by atoms with E-state index >= 15 is 0 Å². The topological polar surface area (TPSA) is 91.0 Å². The molecule has 2 fully saturated rings. The summed E-state index contributed by atoms with van der Waals surface area (Å²) in [6.45, 7) is 1.07. The van der Waals surface area contributed by atoms with Gasteiger partial charge in [-0.3, -0.25) is 24.6 Å². The maximum Gasteiger partial charge on any atom is 0.255 e. The molecule has 3 aliphatic heterocycles. The second-order valence-corrected chi connectivity index (χ2v) is 8.47. The Labute approximate surface area is 201 Å². The number of hydrogen-bond donors (Lipinski definition) is 2. The van der Waals surface area contributed by atoms with Gasteiger partial charge in [-0.15, -0.1) is 0 Å². The normalized spacial score (nSPS) is 25.9. The van der Waals surface area contributed by atoms with Crippen molar-refractivity contribution in [1.82, 2.24) is 15.1 Å². The van der Waals surface area contributed by atoms with Crippen molar-refractivity contribution in [2.24, 2.45) is 0 Å². The summed E-state index contributed by atoms with van der Waals surface area (Å²) in [5.74, 6) is -2.85. The molecule has 0 bridgehead atoms. The number of amides is 3. The third-order valence-electron chi connectivity index (χ3n) is 6.18. The summed E-state index contributed by atoms with van der Waals surface area (Å²) in [6, 6.07) is 7.17. The predicted octanol–water partition coefficient (Wildman–Crippen LogP) is 2.03. The van der Waals surface area contributed by atoms with Gasteiger partial charge in [0.15, 0.2) is 0 Å². The Morgan fingerprint density at radius 3 is 2.82 bits per heavy atom. The van der Waals surface area contributed by atoms with E-state index in [0.29, 0.717) is 30.2 Å². The van der Waals surface area contributed by atoms with Crippen molar-refractivity contribution in [3.8, 4) is 0 Å². The molecule has 0 aromatic heterocycles. The lowest BCUT2D eigenvalue weighted by molar-refractivity contribution is -0.136. The molecule has 0 spiro atoms. The van der Waals surface area contributed by atoms with Gasteiger partial charge >= 0.3 is 0 Å². The number of ether oxygens (including phenoxy) is 1. The fraction of sp³-hybridized carbons (Fsp3) is 0.400. The van der Waals surface area contributed by atoms with Gasteiger partial charge in [0.1, 0.15) is 11.8 Å². The zero-order valence-electron chi connectivity index (χ0n) is 21.5. The van der Waals surface area contributed by atoms with E-state index in [1.54, 1.807) is 24.3 Å². The number of benzene rings is 2. The van der Waals surface area contributed by atoms with Gasteiger partial charge < -0.3 is 15.0 Å². The third kappa shape index (κ3) is 4.53. The lowest BCUT2D eigenvalue weighted by Gasteiger charge is -2.29. The quantitative estimate of drug-likeness (QED) is 0.630. The summed E-state index contributed by atoms with van der Waals surface area (Å²) < 4.78 is 46.2. The highest BCUT2D eigenvalue weighted by Gasteiger charge is 2.39. The minimum Gasteiger partial charge on any atom is -0.381 e. The van der Waals surface area contributed by atoms with E-state index in [4.69, 9.17) is 8.85 Å². The molecule has 0 saturated carbocycles. The lowest BCUT2D eigenvalue weighted by atomic mass is 10.0. The molecule has 34 heavy (non-hydrogen) atoms. The van der Waals surface area contributed by atoms with Gasteiger partial charge in [-0.1, -0.05) is 12.1 Å². The number of nitrogens with one attached hydrogen (secondary N) is 2. The number of morpholine rings is 1. The number of halogens is 1. The van der Waals surface area contributed by atoms with Gasteiger partial charge in [-0.05, 0) is 36.2 Å². The van der Waals surface area contributed by atoms with Gasteiger partial charge in [0, 0.05) is 61.5 Å². The summed E-state index contributed by atoms with van der Waals surface area (Å²) in [7, 11) is 0. The van der Waals surface area contributed by atoms with Crippen molar-refractivity contribution >= 4 is 23.4 Å². The molecule has 3 amide bonds. The van der Waals surface area contributed by atoms with Crippen LogP contribution in [0.1, 0.15) is 44.0 Å². The highest BCUT2D eigenvalue weighted by molar-refractivity contribution is 6.06. The minimum absolute atomic E-state index is 0.00728. The van der Waals surface area contributed by atoms with Gasteiger partial charge in [0.2, 0.25) is 11.8 Å². The molecule has 5 rings (SSSR count). The van der Waals surface area contributed by atoms with Crippen LogP contribution in [-0.4, -0.2) is 59.8 Å². The van der Waals surface area contributed by atoms with E-state index in [2.05, 4.69) is 10.2 Å². The Kier molecular flexibility index (Phi) is 5.33. The largest absolute Gasteiger partial charge is 0.381 e. The van der Waals surface area contributed by atoms with E-state index in [1.165, 1.54) is 12.1 Å². The summed E-state index contributed by atoms with van der Waals surface area (Å²) in [6.07, 6.45) is -0.503. The number of fused-ring (bicyclic) bond motifs is 1. The fourth-order valence-corrected chi connectivity index (χ4v) is 4.36. The Bertz CT molecular complexity index is 1270. The summed E-state index contributed by atoms with van der Waals surface area (Å²) in [4.78, 5) is 40.2. The van der Waals surface area contributed by atoms with Crippen LogP contribution < -0.4 is 10.6 Å². The summed E-state index contributed by atoms with van der Waals surface area (Å²) >= 11 is 0. The molecule has 8 nitrogen and oxygen atoms in total. The molecular formula is C25H27FN4O4. The molecular weight excluding hydrogens is 439 g/mol. The molecule has 0 radical (unpaired) electrons. The molecule has 3 heterocycles. The van der Waals surface area contributed by atoms with Gasteiger partial charge in [-0.2, -0.15) is 0 Å². The average Bonchev–Trinajstić information content (AvgIpc) is 3.08. The second kappa shape index (κ2) is 9.52. The predicted molar refractivity (Wildman–Crippen MR) is 122 cm³/mol. The number of carbonyl (C=O) groups excluding carboxylic acids is 3. The molecule has 0 aliphatic carbocycles. The van der Waals surface area contributed by atoms with Crippen LogP contribution in [0, 0.1) is 5.82 Å². The maximum absolute atomic E-state index is 14.7. The molecule has 1 unspecified atom stereocenters. The smallest absolute Gasteiger partial charge is 0.255 e. The van der Waals surface area contributed by atoms with Crippen molar-refractivity contribution in [2.45, 2.75) is 38.4 Å². The highest BCUT2D eigenvalue weighted by Crippen LogP contribution is 2.32. The first-order chi connectivity index (χ1) is 17.6. The Morgan fingerprint density at radius 2 is 2.03 bits per heavy atom. The number of anilines is 1. The van der Waals surface area contributed by atoms with Gasteiger partial charge in [0.05, 0.1) is 17.3 Å². The number of carbonyl (C=O) groups is 3. The van der Waals surface area contributed by atoms with Gasteiger partial charge in [-0.25, -0.2) is 4.39 Å². The monoisotopic (exact) mass is 469 g/mol. The standard InChI is InChI=1S/C25H27FN4O4/c26-20-5-4-16(14-29-8-10-34-11-9-29)12-17(20)13-27-21-3-1-2-18-19(21)15-30(25(18)33)22-6-7-23(31)28-24(22)32/h1-5,12,22,27H,6-11,13-15H2,(H,28,31,32)/i15D2,22D. The van der Waals surface area contributed by atoms with Crippen molar-refractivity contribution in [1.29, 1.82) is 0 Å². The molecule has 1 atom stereocenters. The van der Waals surface area contributed by atoms with Crippen molar-refractivity contribution < 1.29 is 27.6 Å². The molecule has 2 N–H and O–H groups in total. The van der Waals surface area contributed by atoms with Crippen molar-refractivity contribution in [3.05, 3.63) is 64.5 Å². The third-order valence-corrected chi connectivity index (χ3v) is 6.18. The summed E-state index contributed by atoms with van der Waals surface area (Å²) in [5, 5.41) is 5.10. The number of imide groups is 1. The molecule has 178 valence electrons. The minimum atomic E-state index is -2.52. The number of rotatable bonds is 6. The fourth-order valence-electron chi connectivity index (χ4n) is 4.36. The van der Waals surface area contributed by atoms with Crippen LogP contribution in [-0.2, 0) is 33.9 Å². The number of piperidine rings is 1. The number of nitrogens with zero attached hydrogens (tertiary/aromatic N) is 2. The SMILES string of the molecule is [2H]C1(N2C(=O)c3cccc(NCc4cc(CN5CCOCC5)ccc4F)c3C2([2H])[2H])CCC(=O)NC1=O. The van der Waals surface area contributed by atoms with Crippen molar-refractivity contribution in [3.63, 3.8) is 0 Å². The maximum atomic E-state index is 14.7. The van der Waals surface area contributed by atoms with E-state index in [-0.39, 0.29) is 36.2 Å². The van der Waals surface area contributed by atoms with Crippen LogP contribution in [0.25, 0.3) is 0 Å². The van der Waals surface area contributed by atoms with E-state index in [9.17, 15) is 18.8 Å².